The van der Waals surface area contributed by atoms with Crippen molar-refractivity contribution in [2.75, 3.05) is 7.11 Å². The Hall–Kier alpha value is -2.44. The number of hydrogen-bond acceptors (Lipinski definition) is 4. The predicted octanol–water partition coefficient (Wildman–Crippen LogP) is 3.28. The highest BCUT2D eigenvalue weighted by atomic mass is 19.1. The van der Waals surface area contributed by atoms with Crippen LogP contribution in [0.3, 0.4) is 0 Å². The van der Waals surface area contributed by atoms with E-state index in [0.29, 0.717) is 12.0 Å². The van der Waals surface area contributed by atoms with E-state index in [4.69, 9.17) is 4.74 Å². The van der Waals surface area contributed by atoms with Crippen molar-refractivity contribution in [1.29, 1.82) is 0 Å². The highest BCUT2D eigenvalue weighted by molar-refractivity contribution is 5.90. The first-order valence-electron chi connectivity index (χ1n) is 10.3. The van der Waals surface area contributed by atoms with Crippen LogP contribution in [0.5, 0.6) is 0 Å². The molecule has 0 fully saturated rings. The van der Waals surface area contributed by atoms with Crippen molar-refractivity contribution in [2.24, 2.45) is 0 Å². The van der Waals surface area contributed by atoms with E-state index < -0.39 is 35.7 Å². The Kier molecular flexibility index (Phi) is 11.6. The van der Waals surface area contributed by atoms with Crippen LogP contribution in [0.25, 0.3) is 0 Å². The van der Waals surface area contributed by atoms with Crippen LogP contribution in [0.4, 0.5) is 4.39 Å². The molecule has 2 atom stereocenters. The molecule has 6 nitrogen and oxygen atoms in total. The van der Waals surface area contributed by atoms with E-state index in [2.05, 4.69) is 17.6 Å². The average Bonchev–Trinajstić information content (AvgIpc) is 2.69. The van der Waals surface area contributed by atoms with Gasteiger partial charge in [-0.2, -0.15) is 0 Å². The molecule has 0 unspecified atom stereocenters. The number of amides is 2. The summed E-state index contributed by atoms with van der Waals surface area (Å²) in [5, 5.41) is 5.20. The molecular formula is C22H33FN2O4. The summed E-state index contributed by atoms with van der Waals surface area (Å²) < 4.78 is 18.8. The summed E-state index contributed by atoms with van der Waals surface area (Å²) in [7, 11) is 1.27. The SMILES string of the molecule is CCCCCCCC[C@H](NC(=O)[C@@H](Cc1ccccc1F)NC(C)=O)C(=O)OC. The number of rotatable bonds is 13. The van der Waals surface area contributed by atoms with Crippen LogP contribution >= 0.6 is 0 Å². The number of nitrogens with one attached hydrogen (secondary N) is 2. The minimum absolute atomic E-state index is 0.0109. The van der Waals surface area contributed by atoms with Crippen LogP contribution in [-0.2, 0) is 25.5 Å². The van der Waals surface area contributed by atoms with E-state index in [9.17, 15) is 18.8 Å². The molecule has 1 aromatic carbocycles. The van der Waals surface area contributed by atoms with Crippen LogP contribution in [0.15, 0.2) is 24.3 Å². The molecule has 0 saturated carbocycles. The van der Waals surface area contributed by atoms with E-state index in [1.165, 1.54) is 26.5 Å². The molecule has 162 valence electrons. The van der Waals surface area contributed by atoms with Gasteiger partial charge in [0.1, 0.15) is 17.9 Å². The van der Waals surface area contributed by atoms with E-state index >= 15 is 0 Å². The number of ether oxygens (including phenoxy) is 1. The summed E-state index contributed by atoms with van der Waals surface area (Å²) in [5.74, 6) is -1.93. The van der Waals surface area contributed by atoms with Gasteiger partial charge in [-0.3, -0.25) is 9.59 Å². The first-order chi connectivity index (χ1) is 13.9. The minimum atomic E-state index is -0.985. The molecule has 1 aromatic rings. The summed E-state index contributed by atoms with van der Waals surface area (Å²) in [6, 6.07) is 4.30. The summed E-state index contributed by atoms with van der Waals surface area (Å²) in [6.45, 7) is 3.44. The molecule has 0 saturated heterocycles. The van der Waals surface area contributed by atoms with Crippen molar-refractivity contribution in [3.8, 4) is 0 Å². The Labute approximate surface area is 172 Å². The average molecular weight is 409 g/mol. The van der Waals surface area contributed by atoms with Crippen molar-refractivity contribution >= 4 is 17.8 Å². The third-order valence-electron chi connectivity index (χ3n) is 4.72. The predicted molar refractivity (Wildman–Crippen MR) is 110 cm³/mol. The summed E-state index contributed by atoms with van der Waals surface area (Å²) >= 11 is 0. The molecule has 0 radical (unpaired) electrons. The number of halogens is 1. The van der Waals surface area contributed by atoms with E-state index in [-0.39, 0.29) is 6.42 Å². The van der Waals surface area contributed by atoms with Crippen molar-refractivity contribution in [3.05, 3.63) is 35.6 Å². The second-order valence-electron chi connectivity index (χ2n) is 7.19. The van der Waals surface area contributed by atoms with Crippen LogP contribution in [-0.4, -0.2) is 37.0 Å². The van der Waals surface area contributed by atoms with Gasteiger partial charge in [0.05, 0.1) is 7.11 Å². The summed E-state index contributed by atoms with van der Waals surface area (Å²) in [6.07, 6.45) is 6.77. The van der Waals surface area contributed by atoms with Gasteiger partial charge < -0.3 is 15.4 Å². The maximum atomic E-state index is 14.0. The van der Waals surface area contributed by atoms with Crippen molar-refractivity contribution < 1.29 is 23.5 Å². The zero-order valence-corrected chi connectivity index (χ0v) is 17.6. The molecule has 0 aliphatic rings. The number of carbonyl (C=O) groups is 3. The fourth-order valence-corrected chi connectivity index (χ4v) is 3.13. The van der Waals surface area contributed by atoms with Crippen molar-refractivity contribution in [2.45, 2.75) is 77.3 Å². The lowest BCUT2D eigenvalue weighted by Gasteiger charge is -2.22. The Bertz CT molecular complexity index is 666. The topological polar surface area (TPSA) is 84.5 Å². The third-order valence-corrected chi connectivity index (χ3v) is 4.72. The number of esters is 1. The number of methoxy groups -OCH3 is 1. The molecule has 2 N–H and O–H groups in total. The second-order valence-corrected chi connectivity index (χ2v) is 7.19. The van der Waals surface area contributed by atoms with Gasteiger partial charge in [-0.05, 0) is 18.1 Å². The third kappa shape index (κ3) is 9.54. The van der Waals surface area contributed by atoms with Crippen molar-refractivity contribution in [3.63, 3.8) is 0 Å². The quantitative estimate of drug-likeness (QED) is 0.387. The highest BCUT2D eigenvalue weighted by Gasteiger charge is 2.27. The fraction of sp³-hybridized carbons (Fsp3) is 0.591. The molecule has 7 heteroatoms. The van der Waals surface area contributed by atoms with Gasteiger partial charge in [-0.25, -0.2) is 9.18 Å². The zero-order chi connectivity index (χ0) is 21.6. The Balaban J connectivity index is 2.74. The summed E-state index contributed by atoms with van der Waals surface area (Å²) in [4.78, 5) is 36.4. The molecule has 0 heterocycles. The second kappa shape index (κ2) is 13.7. The van der Waals surface area contributed by atoms with Gasteiger partial charge in [0.2, 0.25) is 11.8 Å². The van der Waals surface area contributed by atoms with Crippen LogP contribution < -0.4 is 10.6 Å². The molecule has 29 heavy (non-hydrogen) atoms. The Morgan fingerprint density at radius 1 is 1.00 bits per heavy atom. The van der Waals surface area contributed by atoms with Gasteiger partial charge in [-0.1, -0.05) is 63.6 Å². The van der Waals surface area contributed by atoms with Crippen LogP contribution in [0, 0.1) is 5.82 Å². The molecule has 0 spiro atoms. The van der Waals surface area contributed by atoms with Crippen LogP contribution in [0.2, 0.25) is 0 Å². The lowest BCUT2D eigenvalue weighted by molar-refractivity contribution is -0.145. The largest absolute Gasteiger partial charge is 0.467 e. The summed E-state index contributed by atoms with van der Waals surface area (Å²) in [5.41, 5.74) is 0.312. The maximum Gasteiger partial charge on any atom is 0.328 e. The van der Waals surface area contributed by atoms with Gasteiger partial charge in [-0.15, -0.1) is 0 Å². The highest BCUT2D eigenvalue weighted by Crippen LogP contribution is 2.12. The smallest absolute Gasteiger partial charge is 0.328 e. The van der Waals surface area contributed by atoms with Crippen molar-refractivity contribution in [1.82, 2.24) is 10.6 Å². The Morgan fingerprint density at radius 3 is 2.28 bits per heavy atom. The zero-order valence-electron chi connectivity index (χ0n) is 17.6. The lowest BCUT2D eigenvalue weighted by atomic mass is 10.0. The standard InChI is InChI=1S/C22H33FN2O4/c1-4-5-6-7-8-9-14-19(22(28)29-3)25-21(27)20(24-16(2)26)15-17-12-10-11-13-18(17)23/h10-13,19-20H,4-9,14-15H2,1-3H3,(H,24,26)(H,25,27)/t19-,20+/m0/s1. The minimum Gasteiger partial charge on any atom is -0.467 e. The van der Waals surface area contributed by atoms with Gasteiger partial charge >= 0.3 is 5.97 Å². The van der Waals surface area contributed by atoms with Crippen LogP contribution in [0.1, 0.15) is 64.4 Å². The molecule has 0 aromatic heterocycles. The monoisotopic (exact) mass is 408 g/mol. The number of carbonyl (C=O) groups excluding carboxylic acids is 3. The molecule has 0 aliphatic heterocycles. The number of hydrogen-bond donors (Lipinski definition) is 2. The van der Waals surface area contributed by atoms with E-state index in [1.54, 1.807) is 18.2 Å². The maximum absolute atomic E-state index is 14.0. The number of benzene rings is 1. The van der Waals surface area contributed by atoms with E-state index in [1.807, 2.05) is 0 Å². The van der Waals surface area contributed by atoms with Gasteiger partial charge in [0, 0.05) is 13.3 Å². The molecule has 1 rings (SSSR count). The van der Waals surface area contributed by atoms with E-state index in [0.717, 1.165) is 32.1 Å². The van der Waals surface area contributed by atoms with Gasteiger partial charge in [0.15, 0.2) is 0 Å². The Morgan fingerprint density at radius 2 is 1.66 bits per heavy atom. The fourth-order valence-electron chi connectivity index (χ4n) is 3.13. The molecule has 0 aliphatic carbocycles. The molecule has 2 amide bonds. The first-order valence-corrected chi connectivity index (χ1v) is 10.3. The normalized spacial score (nSPS) is 12.7. The molecule has 0 bridgehead atoms. The molecular weight excluding hydrogens is 375 g/mol. The number of unbranched alkanes of at least 4 members (excludes halogenated alkanes) is 5. The lowest BCUT2D eigenvalue weighted by Crippen LogP contribution is -2.52. The first kappa shape index (κ1) is 24.6. The van der Waals surface area contributed by atoms with Gasteiger partial charge in [0.25, 0.3) is 0 Å².